The third kappa shape index (κ3) is 69.5. The quantitative estimate of drug-likeness (QED) is 0.0222. The van der Waals surface area contributed by atoms with Gasteiger partial charge in [0, 0.05) is 25.7 Å². The molecule has 7 atom stereocenters. The fourth-order valence-electron chi connectivity index (χ4n) is 11.9. The number of phosphoric ester groups is 2. The summed E-state index contributed by atoms with van der Waals surface area (Å²) in [5.74, 6) is 0.286. The second-order valence-electron chi connectivity index (χ2n) is 29.1. The van der Waals surface area contributed by atoms with Crippen LogP contribution in [0.25, 0.3) is 0 Å². The van der Waals surface area contributed by atoms with E-state index in [-0.39, 0.29) is 25.7 Å². The summed E-state index contributed by atoms with van der Waals surface area (Å²) >= 11 is 0. The first-order valence-corrected chi connectivity index (χ1v) is 43.4. The van der Waals surface area contributed by atoms with Gasteiger partial charge in [-0.3, -0.25) is 37.3 Å². The molecule has 576 valence electrons. The van der Waals surface area contributed by atoms with Crippen molar-refractivity contribution in [3.05, 3.63) is 0 Å². The molecule has 0 aromatic carbocycles. The summed E-state index contributed by atoms with van der Waals surface area (Å²) in [6.07, 6.45) is 55.2. The zero-order valence-electron chi connectivity index (χ0n) is 63.5. The standard InChI is InChI=1S/C78H152O17P2/c1-8-11-12-13-14-15-16-19-23-32-40-47-54-61-77(82)95-74(66-89-76(81)60-53-46-39-34-27-28-35-42-49-56-69(4)5)68-93-97(86,87)91-64-72(79)63-90-96(84,85)92-67-73(65-88-75(80)59-52-45-38-31-26-25-30-37-44-51-58-71(7)10-3)94-78(83)62-55-48-41-33-24-21-18-17-20-22-29-36-43-50-57-70(6)9-2/h69-74,79H,8-68H2,1-7H3,(H,84,85)(H,86,87)/t70?,71?,72-,73-,74-/m1/s1. The minimum Gasteiger partial charge on any atom is -0.462 e. The Hall–Kier alpha value is -1.94. The molecule has 17 nitrogen and oxygen atoms in total. The van der Waals surface area contributed by atoms with Gasteiger partial charge in [0.1, 0.15) is 19.3 Å². The first kappa shape index (κ1) is 95.1. The van der Waals surface area contributed by atoms with E-state index in [0.29, 0.717) is 25.7 Å². The van der Waals surface area contributed by atoms with Crippen LogP contribution in [-0.4, -0.2) is 96.7 Å². The maximum atomic E-state index is 13.1. The van der Waals surface area contributed by atoms with Crippen LogP contribution >= 0.6 is 15.6 Å². The molecule has 3 N–H and O–H groups in total. The van der Waals surface area contributed by atoms with Crippen molar-refractivity contribution in [2.75, 3.05) is 39.6 Å². The van der Waals surface area contributed by atoms with Gasteiger partial charge >= 0.3 is 39.5 Å². The first-order valence-electron chi connectivity index (χ1n) is 40.4. The van der Waals surface area contributed by atoms with Gasteiger partial charge in [0.2, 0.25) is 0 Å². The molecule has 0 aliphatic carbocycles. The van der Waals surface area contributed by atoms with E-state index in [1.54, 1.807) is 0 Å². The van der Waals surface area contributed by atoms with Crippen LogP contribution in [0.5, 0.6) is 0 Å². The van der Waals surface area contributed by atoms with Crippen LogP contribution in [0.3, 0.4) is 0 Å². The van der Waals surface area contributed by atoms with E-state index in [1.807, 2.05) is 0 Å². The minimum atomic E-state index is -4.96. The lowest BCUT2D eigenvalue weighted by Gasteiger charge is -2.21. The number of unbranched alkanes of at least 4 members (excludes halogenated alkanes) is 42. The van der Waals surface area contributed by atoms with Gasteiger partial charge in [-0.15, -0.1) is 0 Å². The maximum absolute atomic E-state index is 13.1. The molecule has 97 heavy (non-hydrogen) atoms. The zero-order chi connectivity index (χ0) is 71.6. The molecule has 0 radical (unpaired) electrons. The Morgan fingerprint density at radius 1 is 0.299 bits per heavy atom. The van der Waals surface area contributed by atoms with Crippen LogP contribution in [0.2, 0.25) is 0 Å². The van der Waals surface area contributed by atoms with Crippen molar-refractivity contribution >= 4 is 39.5 Å². The highest BCUT2D eigenvalue weighted by molar-refractivity contribution is 7.47. The molecule has 0 spiro atoms. The number of carbonyl (C=O) groups is 4. The Bertz CT molecular complexity index is 1890. The van der Waals surface area contributed by atoms with Crippen LogP contribution in [-0.2, 0) is 65.4 Å². The van der Waals surface area contributed by atoms with Crippen LogP contribution in [0, 0.1) is 17.8 Å². The molecule has 19 heteroatoms. The Morgan fingerprint density at radius 2 is 0.526 bits per heavy atom. The molecule has 0 bridgehead atoms. The van der Waals surface area contributed by atoms with Gasteiger partial charge in [-0.1, -0.05) is 350 Å². The topological polar surface area (TPSA) is 237 Å². The summed E-state index contributed by atoms with van der Waals surface area (Å²) in [6, 6.07) is 0. The summed E-state index contributed by atoms with van der Waals surface area (Å²) < 4.78 is 68.6. The molecule has 0 saturated heterocycles. The lowest BCUT2D eigenvalue weighted by molar-refractivity contribution is -0.161. The third-order valence-electron chi connectivity index (χ3n) is 18.9. The molecule has 0 aliphatic rings. The summed E-state index contributed by atoms with van der Waals surface area (Å²) in [7, 11) is -9.92. The smallest absolute Gasteiger partial charge is 0.462 e. The van der Waals surface area contributed by atoms with Gasteiger partial charge in [-0.25, -0.2) is 9.13 Å². The summed E-state index contributed by atoms with van der Waals surface area (Å²) in [5.41, 5.74) is 0. The van der Waals surface area contributed by atoms with Crippen molar-refractivity contribution in [1.29, 1.82) is 0 Å². The molecule has 0 amide bonds. The van der Waals surface area contributed by atoms with Gasteiger partial charge < -0.3 is 33.8 Å². The van der Waals surface area contributed by atoms with E-state index in [4.69, 9.17) is 37.0 Å². The minimum absolute atomic E-state index is 0.107. The Morgan fingerprint density at radius 3 is 0.784 bits per heavy atom. The predicted molar refractivity (Wildman–Crippen MR) is 395 cm³/mol. The van der Waals surface area contributed by atoms with Crippen LogP contribution in [0.1, 0.15) is 402 Å². The number of hydrogen-bond acceptors (Lipinski definition) is 15. The van der Waals surface area contributed by atoms with Crippen molar-refractivity contribution in [1.82, 2.24) is 0 Å². The number of hydrogen-bond donors (Lipinski definition) is 3. The van der Waals surface area contributed by atoms with E-state index in [2.05, 4.69) is 48.5 Å². The van der Waals surface area contributed by atoms with Crippen LogP contribution in [0.4, 0.5) is 0 Å². The molecule has 0 fully saturated rings. The van der Waals surface area contributed by atoms with Gasteiger partial charge in [0.05, 0.1) is 26.4 Å². The first-order chi connectivity index (χ1) is 46.8. The predicted octanol–water partition coefficient (Wildman–Crippen LogP) is 23.0. The number of carbonyl (C=O) groups excluding carboxylic acids is 4. The molecule has 0 heterocycles. The average molecular weight is 1420 g/mol. The zero-order valence-corrected chi connectivity index (χ0v) is 65.3. The highest BCUT2D eigenvalue weighted by atomic mass is 31.2. The van der Waals surface area contributed by atoms with Gasteiger partial charge in [0.25, 0.3) is 0 Å². The fourth-order valence-corrected chi connectivity index (χ4v) is 13.5. The second kappa shape index (κ2) is 68.5. The second-order valence-corrected chi connectivity index (χ2v) is 32.0. The van der Waals surface area contributed by atoms with Crippen molar-refractivity contribution in [2.45, 2.75) is 420 Å². The molecule has 0 saturated carbocycles. The normalized spacial score (nSPS) is 14.6. The van der Waals surface area contributed by atoms with E-state index in [9.17, 15) is 43.2 Å². The molecule has 0 rings (SSSR count). The maximum Gasteiger partial charge on any atom is 0.472 e. The molecule has 0 aromatic heterocycles. The lowest BCUT2D eigenvalue weighted by Crippen LogP contribution is -2.30. The molecule has 0 aliphatic heterocycles. The molecule has 0 aromatic rings. The highest BCUT2D eigenvalue weighted by Gasteiger charge is 2.30. The highest BCUT2D eigenvalue weighted by Crippen LogP contribution is 2.45. The number of phosphoric acid groups is 2. The van der Waals surface area contributed by atoms with E-state index in [0.717, 1.165) is 108 Å². The fraction of sp³-hybridized carbons (Fsp3) is 0.949. The third-order valence-corrected chi connectivity index (χ3v) is 20.8. The van der Waals surface area contributed by atoms with Crippen molar-refractivity contribution in [2.24, 2.45) is 17.8 Å². The van der Waals surface area contributed by atoms with Crippen molar-refractivity contribution in [3.8, 4) is 0 Å². The van der Waals surface area contributed by atoms with Crippen molar-refractivity contribution in [3.63, 3.8) is 0 Å². The van der Waals surface area contributed by atoms with Gasteiger partial charge in [-0.05, 0) is 43.4 Å². The average Bonchev–Trinajstić information content (AvgIpc) is 1.24. The molecular weight excluding hydrogens is 1270 g/mol. The number of rotatable bonds is 76. The van der Waals surface area contributed by atoms with E-state index < -0.39 is 97.5 Å². The van der Waals surface area contributed by atoms with Gasteiger partial charge in [-0.2, -0.15) is 0 Å². The number of esters is 4. The number of ether oxygens (including phenoxy) is 4. The number of aliphatic hydroxyl groups is 1. The Labute approximate surface area is 594 Å². The monoisotopic (exact) mass is 1420 g/mol. The Balaban J connectivity index is 5.27. The largest absolute Gasteiger partial charge is 0.472 e. The SMILES string of the molecule is CCCCCCCCCCCCCCCC(=O)O[C@H](COC(=O)CCCCCCCCCCCC(C)C)COP(=O)(O)OC[C@H](O)COP(=O)(O)OC[C@@H](COC(=O)CCCCCCCCCCCCC(C)CC)OC(=O)CCCCCCCCCCCCCCCCC(C)CC. The van der Waals surface area contributed by atoms with E-state index in [1.165, 1.54) is 212 Å². The summed E-state index contributed by atoms with van der Waals surface area (Å²) in [6.45, 7) is 12.0. The van der Waals surface area contributed by atoms with Gasteiger partial charge in [0.15, 0.2) is 12.2 Å². The van der Waals surface area contributed by atoms with Crippen molar-refractivity contribution < 1.29 is 80.2 Å². The Kier molecular flexibility index (Phi) is 67.1. The molecular formula is C78H152O17P2. The lowest BCUT2D eigenvalue weighted by atomic mass is 9.99. The molecule has 4 unspecified atom stereocenters. The van der Waals surface area contributed by atoms with Crippen LogP contribution < -0.4 is 0 Å². The number of aliphatic hydroxyl groups excluding tert-OH is 1. The van der Waals surface area contributed by atoms with Crippen LogP contribution in [0.15, 0.2) is 0 Å². The summed E-state index contributed by atoms with van der Waals surface area (Å²) in [4.78, 5) is 72.9. The summed E-state index contributed by atoms with van der Waals surface area (Å²) in [5, 5.41) is 10.6. The van der Waals surface area contributed by atoms with E-state index >= 15 is 0 Å².